The van der Waals surface area contributed by atoms with Gasteiger partial charge in [-0.3, -0.25) is 19.5 Å². The maximum absolute atomic E-state index is 12.8. The number of nitrogens with one attached hydrogen (secondary N) is 2. The second-order valence-electron chi connectivity index (χ2n) is 6.41. The summed E-state index contributed by atoms with van der Waals surface area (Å²) < 4.78 is 0. The number of aromatic nitrogens is 1. The number of rotatable bonds is 5. The number of benzene rings is 1. The summed E-state index contributed by atoms with van der Waals surface area (Å²) in [5, 5.41) is 5.36. The molecule has 1 saturated heterocycles. The highest BCUT2D eigenvalue weighted by Gasteiger charge is 2.49. The molecule has 0 spiro atoms. The molecule has 0 saturated carbocycles. The van der Waals surface area contributed by atoms with Crippen LogP contribution in [0.4, 0.5) is 4.79 Å². The van der Waals surface area contributed by atoms with Gasteiger partial charge in [0.2, 0.25) is 5.91 Å². The Morgan fingerprint density at radius 1 is 1.19 bits per heavy atom. The third-order valence-corrected chi connectivity index (χ3v) is 4.40. The molecule has 1 aliphatic heterocycles. The molecule has 1 aromatic heterocycles. The smallest absolute Gasteiger partial charge is 0.325 e. The largest absolute Gasteiger partial charge is 0.349 e. The Balaban J connectivity index is 1.67. The molecule has 2 N–H and O–H groups in total. The predicted octanol–water partition coefficient (Wildman–Crippen LogP) is 1.47. The van der Waals surface area contributed by atoms with Gasteiger partial charge in [0.15, 0.2) is 0 Å². The van der Waals surface area contributed by atoms with E-state index in [2.05, 4.69) is 15.6 Å². The number of imide groups is 1. The molecule has 3 rings (SSSR count). The molecule has 134 valence electrons. The van der Waals surface area contributed by atoms with E-state index in [1.807, 2.05) is 25.1 Å². The molecular formula is C19H20N4O3. The van der Waals surface area contributed by atoms with Crippen molar-refractivity contribution in [2.75, 3.05) is 6.54 Å². The summed E-state index contributed by atoms with van der Waals surface area (Å²) in [6, 6.07) is 12.2. The van der Waals surface area contributed by atoms with Crippen molar-refractivity contribution in [2.45, 2.75) is 25.9 Å². The van der Waals surface area contributed by atoms with Crippen LogP contribution in [-0.4, -0.2) is 34.3 Å². The van der Waals surface area contributed by atoms with Crippen LogP contribution in [0.2, 0.25) is 0 Å². The number of carbonyl (C=O) groups is 3. The van der Waals surface area contributed by atoms with E-state index >= 15 is 0 Å². The lowest BCUT2D eigenvalue weighted by Gasteiger charge is -2.22. The minimum Gasteiger partial charge on any atom is -0.349 e. The van der Waals surface area contributed by atoms with Crippen molar-refractivity contribution in [3.05, 3.63) is 65.5 Å². The highest BCUT2D eigenvalue weighted by atomic mass is 16.2. The first-order valence-corrected chi connectivity index (χ1v) is 8.28. The van der Waals surface area contributed by atoms with Crippen LogP contribution in [0.1, 0.15) is 23.7 Å². The number of urea groups is 1. The standard InChI is InChI=1S/C19H20N4O3/c1-13-6-8-14(9-7-13)19(2)17(25)23(18(26)22-19)12-16(24)21-11-15-5-3-4-10-20-15/h3-10H,11-12H2,1-2H3,(H,21,24)(H,22,26)/t19-/m0/s1. The number of hydrogen-bond donors (Lipinski definition) is 2. The van der Waals surface area contributed by atoms with E-state index in [4.69, 9.17) is 0 Å². The van der Waals surface area contributed by atoms with Gasteiger partial charge in [0.05, 0.1) is 12.2 Å². The topological polar surface area (TPSA) is 91.4 Å². The Morgan fingerprint density at radius 2 is 1.92 bits per heavy atom. The highest BCUT2D eigenvalue weighted by molar-refractivity contribution is 6.09. The monoisotopic (exact) mass is 352 g/mol. The van der Waals surface area contributed by atoms with Crippen molar-refractivity contribution in [2.24, 2.45) is 0 Å². The fourth-order valence-electron chi connectivity index (χ4n) is 2.81. The van der Waals surface area contributed by atoms with Crippen molar-refractivity contribution in [1.29, 1.82) is 0 Å². The van der Waals surface area contributed by atoms with E-state index in [1.165, 1.54) is 0 Å². The Labute approximate surface area is 151 Å². The molecule has 1 fully saturated rings. The Kier molecular flexibility index (Phi) is 4.71. The Morgan fingerprint density at radius 3 is 2.58 bits per heavy atom. The summed E-state index contributed by atoms with van der Waals surface area (Å²) >= 11 is 0. The van der Waals surface area contributed by atoms with E-state index < -0.39 is 23.4 Å². The normalized spacial score (nSPS) is 19.4. The van der Waals surface area contributed by atoms with Gasteiger partial charge in [-0.2, -0.15) is 0 Å². The van der Waals surface area contributed by atoms with Gasteiger partial charge in [0.25, 0.3) is 5.91 Å². The quantitative estimate of drug-likeness (QED) is 0.797. The zero-order valence-electron chi connectivity index (χ0n) is 14.7. The van der Waals surface area contributed by atoms with Gasteiger partial charge in [0, 0.05) is 6.20 Å². The molecule has 1 aliphatic rings. The average Bonchev–Trinajstić information content (AvgIpc) is 2.85. The molecular weight excluding hydrogens is 332 g/mol. The second kappa shape index (κ2) is 6.95. The molecule has 7 nitrogen and oxygen atoms in total. The number of aryl methyl sites for hydroxylation is 1. The zero-order valence-corrected chi connectivity index (χ0v) is 14.7. The SMILES string of the molecule is Cc1ccc([C@]2(C)NC(=O)N(CC(=O)NCc3ccccn3)C2=O)cc1. The molecule has 0 aliphatic carbocycles. The molecule has 2 aromatic rings. The number of hydrogen-bond acceptors (Lipinski definition) is 4. The van der Waals surface area contributed by atoms with Crippen LogP contribution in [0.3, 0.4) is 0 Å². The lowest BCUT2D eigenvalue weighted by molar-refractivity contribution is -0.134. The van der Waals surface area contributed by atoms with E-state index in [-0.39, 0.29) is 13.1 Å². The first-order chi connectivity index (χ1) is 12.4. The molecule has 1 atom stereocenters. The molecule has 7 heteroatoms. The third kappa shape index (κ3) is 3.42. The summed E-state index contributed by atoms with van der Waals surface area (Å²) in [6.07, 6.45) is 1.63. The van der Waals surface area contributed by atoms with Gasteiger partial charge < -0.3 is 10.6 Å². The van der Waals surface area contributed by atoms with E-state index in [0.717, 1.165) is 10.5 Å². The van der Waals surface area contributed by atoms with Crippen LogP contribution in [0, 0.1) is 6.92 Å². The van der Waals surface area contributed by atoms with Crippen molar-refractivity contribution < 1.29 is 14.4 Å². The Hall–Kier alpha value is -3.22. The molecule has 0 radical (unpaired) electrons. The average molecular weight is 352 g/mol. The van der Waals surface area contributed by atoms with Crippen LogP contribution in [0.15, 0.2) is 48.7 Å². The van der Waals surface area contributed by atoms with Gasteiger partial charge in [-0.05, 0) is 31.5 Å². The minimum atomic E-state index is -1.17. The Bertz CT molecular complexity index is 836. The van der Waals surface area contributed by atoms with Crippen LogP contribution in [-0.2, 0) is 21.7 Å². The van der Waals surface area contributed by atoms with Crippen molar-refractivity contribution in [3.63, 3.8) is 0 Å². The lowest BCUT2D eigenvalue weighted by Crippen LogP contribution is -2.43. The van der Waals surface area contributed by atoms with Crippen LogP contribution < -0.4 is 10.6 Å². The van der Waals surface area contributed by atoms with E-state index in [1.54, 1.807) is 37.4 Å². The molecule has 1 aromatic carbocycles. The lowest BCUT2D eigenvalue weighted by atomic mass is 9.91. The number of pyridine rings is 1. The maximum Gasteiger partial charge on any atom is 0.325 e. The van der Waals surface area contributed by atoms with Gasteiger partial charge in [-0.15, -0.1) is 0 Å². The van der Waals surface area contributed by atoms with E-state index in [9.17, 15) is 14.4 Å². The minimum absolute atomic E-state index is 0.235. The van der Waals surface area contributed by atoms with Gasteiger partial charge in [-0.25, -0.2) is 4.79 Å². The summed E-state index contributed by atoms with van der Waals surface area (Å²) in [5.41, 5.74) is 1.26. The molecule has 0 unspecified atom stereocenters. The molecule has 26 heavy (non-hydrogen) atoms. The summed E-state index contributed by atoms with van der Waals surface area (Å²) in [5.74, 6) is -0.869. The van der Waals surface area contributed by atoms with E-state index in [0.29, 0.717) is 11.3 Å². The summed E-state index contributed by atoms with van der Waals surface area (Å²) in [4.78, 5) is 42.2. The molecule has 0 bridgehead atoms. The number of amides is 4. The van der Waals surface area contributed by atoms with Crippen LogP contribution in [0.5, 0.6) is 0 Å². The number of carbonyl (C=O) groups excluding carboxylic acids is 3. The fraction of sp³-hybridized carbons (Fsp3) is 0.263. The van der Waals surface area contributed by atoms with Crippen LogP contribution >= 0.6 is 0 Å². The highest BCUT2D eigenvalue weighted by Crippen LogP contribution is 2.28. The first kappa shape index (κ1) is 17.6. The van der Waals surface area contributed by atoms with Gasteiger partial charge >= 0.3 is 6.03 Å². The fourth-order valence-corrected chi connectivity index (χ4v) is 2.81. The van der Waals surface area contributed by atoms with Gasteiger partial charge in [0.1, 0.15) is 12.1 Å². The molecule has 4 amide bonds. The number of nitrogens with zero attached hydrogens (tertiary/aromatic N) is 2. The second-order valence-corrected chi connectivity index (χ2v) is 6.41. The predicted molar refractivity (Wildman–Crippen MR) is 94.9 cm³/mol. The summed E-state index contributed by atoms with van der Waals surface area (Å²) in [6.45, 7) is 3.49. The maximum atomic E-state index is 12.8. The third-order valence-electron chi connectivity index (χ3n) is 4.40. The van der Waals surface area contributed by atoms with Gasteiger partial charge in [-0.1, -0.05) is 35.9 Å². The first-order valence-electron chi connectivity index (χ1n) is 8.28. The summed E-state index contributed by atoms with van der Waals surface area (Å²) in [7, 11) is 0. The van der Waals surface area contributed by atoms with Crippen LogP contribution in [0.25, 0.3) is 0 Å². The van der Waals surface area contributed by atoms with Crippen molar-refractivity contribution in [1.82, 2.24) is 20.5 Å². The molecule has 2 heterocycles. The van der Waals surface area contributed by atoms with Crippen molar-refractivity contribution >= 4 is 17.8 Å². The zero-order chi connectivity index (χ0) is 18.7. The van der Waals surface area contributed by atoms with Crippen molar-refractivity contribution in [3.8, 4) is 0 Å².